The Balaban J connectivity index is 1.89. The molecule has 0 radical (unpaired) electrons. The molecule has 32 heavy (non-hydrogen) atoms. The lowest BCUT2D eigenvalue weighted by Gasteiger charge is -2.10. The van der Waals surface area contributed by atoms with Gasteiger partial charge in [-0.2, -0.15) is 0 Å². The number of amides is 1. The van der Waals surface area contributed by atoms with E-state index < -0.39 is 19.1 Å². The molecule has 170 valence electrons. The van der Waals surface area contributed by atoms with Gasteiger partial charge in [-0.05, 0) is 29.8 Å². The molecule has 4 N–H and O–H groups in total. The third-order valence-corrected chi connectivity index (χ3v) is 6.51. The van der Waals surface area contributed by atoms with Crippen molar-refractivity contribution >= 4 is 35.4 Å². The van der Waals surface area contributed by atoms with E-state index in [9.17, 15) is 18.9 Å². The molecule has 3 rings (SSSR count). The van der Waals surface area contributed by atoms with Crippen LogP contribution in [0.3, 0.4) is 0 Å². The maximum absolute atomic E-state index is 14.8. The zero-order valence-corrected chi connectivity index (χ0v) is 19.7. The van der Waals surface area contributed by atoms with Crippen LogP contribution in [-0.4, -0.2) is 35.9 Å². The van der Waals surface area contributed by atoms with Crippen molar-refractivity contribution in [3.05, 3.63) is 65.1 Å². The fourth-order valence-electron chi connectivity index (χ4n) is 2.91. The molecule has 2 aromatic heterocycles. The number of aliphatic hydroxyl groups excluding tert-OH is 1. The second kappa shape index (κ2) is 9.92. The minimum Gasteiger partial charge on any atom is -0.396 e. The zero-order valence-electron chi connectivity index (χ0n) is 18.0. The Labute approximate surface area is 189 Å². The lowest BCUT2D eigenvalue weighted by atomic mass is 9.99. The summed E-state index contributed by atoms with van der Waals surface area (Å²) in [6, 6.07) is 11.5. The second-order valence-electron chi connectivity index (χ2n) is 7.71. The third-order valence-electron chi connectivity index (χ3n) is 4.67. The quantitative estimate of drug-likeness (QED) is 0.376. The van der Waals surface area contributed by atoms with Gasteiger partial charge in [0.1, 0.15) is 16.6 Å². The SMILES string of the molecule is CC(CO)c1ccc(-c2cc(C(N)=O)c(Nc3cccc(COP(C)(C)=O)n3)s2)c(F)c1. The number of rotatable bonds is 9. The van der Waals surface area contributed by atoms with Crippen molar-refractivity contribution in [2.45, 2.75) is 19.4 Å². The summed E-state index contributed by atoms with van der Waals surface area (Å²) >= 11 is 1.18. The van der Waals surface area contributed by atoms with Gasteiger partial charge in [0.05, 0.1) is 17.9 Å². The number of halogens is 1. The van der Waals surface area contributed by atoms with Gasteiger partial charge < -0.3 is 20.7 Å². The number of nitrogens with two attached hydrogens (primary N) is 1. The number of primary amides is 1. The van der Waals surface area contributed by atoms with E-state index in [2.05, 4.69) is 10.3 Å². The highest BCUT2D eigenvalue weighted by atomic mass is 32.1. The number of thiophene rings is 1. The summed E-state index contributed by atoms with van der Waals surface area (Å²) in [4.78, 5) is 16.9. The minimum atomic E-state index is -2.65. The molecule has 1 unspecified atom stereocenters. The fraction of sp³-hybridized carbons (Fsp3) is 0.273. The molecular weight excluding hydrogens is 452 g/mol. The van der Waals surface area contributed by atoms with Crippen LogP contribution in [0.1, 0.15) is 34.5 Å². The van der Waals surface area contributed by atoms with Crippen LogP contribution in [0, 0.1) is 5.82 Å². The molecule has 0 saturated heterocycles. The van der Waals surface area contributed by atoms with Crippen molar-refractivity contribution in [1.29, 1.82) is 0 Å². The number of pyridine rings is 1. The van der Waals surface area contributed by atoms with Crippen molar-refractivity contribution in [1.82, 2.24) is 4.98 Å². The first kappa shape index (κ1) is 24.1. The molecule has 3 aromatic rings. The van der Waals surface area contributed by atoms with E-state index in [0.717, 1.165) is 0 Å². The fourth-order valence-corrected chi connectivity index (χ4v) is 4.45. The first-order valence-electron chi connectivity index (χ1n) is 9.84. The van der Waals surface area contributed by atoms with Crippen molar-refractivity contribution in [2.75, 3.05) is 25.3 Å². The Morgan fingerprint density at radius 1 is 1.31 bits per heavy atom. The van der Waals surface area contributed by atoms with Crippen LogP contribution in [0.2, 0.25) is 0 Å². The monoisotopic (exact) mass is 477 g/mol. The predicted octanol–water partition coefficient (Wildman–Crippen LogP) is 4.94. The van der Waals surface area contributed by atoms with Gasteiger partial charge in [0.15, 0.2) is 7.37 Å². The lowest BCUT2D eigenvalue weighted by molar-refractivity contribution is 0.100. The summed E-state index contributed by atoms with van der Waals surface area (Å²) in [6.07, 6.45) is 0. The molecule has 0 spiro atoms. The molecule has 0 aliphatic rings. The largest absolute Gasteiger partial charge is 0.396 e. The van der Waals surface area contributed by atoms with Gasteiger partial charge in [0.2, 0.25) is 0 Å². The molecule has 1 atom stereocenters. The first-order chi connectivity index (χ1) is 15.1. The van der Waals surface area contributed by atoms with Crippen molar-refractivity contribution in [3.8, 4) is 10.4 Å². The van der Waals surface area contributed by atoms with E-state index >= 15 is 0 Å². The minimum absolute atomic E-state index is 0.0805. The molecule has 0 fully saturated rings. The zero-order chi connectivity index (χ0) is 23.5. The van der Waals surface area contributed by atoms with Crippen LogP contribution in [0.25, 0.3) is 10.4 Å². The number of hydrogen-bond acceptors (Lipinski definition) is 7. The molecule has 10 heteroatoms. The van der Waals surface area contributed by atoms with Crippen LogP contribution < -0.4 is 11.1 Å². The van der Waals surface area contributed by atoms with E-state index in [1.54, 1.807) is 43.3 Å². The Kier molecular flexibility index (Phi) is 7.46. The average molecular weight is 477 g/mol. The molecule has 1 aromatic carbocycles. The summed E-state index contributed by atoms with van der Waals surface area (Å²) in [6.45, 7) is 4.86. The maximum atomic E-state index is 14.8. The second-order valence-corrected chi connectivity index (χ2v) is 11.5. The molecule has 7 nitrogen and oxygen atoms in total. The Bertz CT molecular complexity index is 1180. The number of anilines is 2. The number of aromatic nitrogens is 1. The molecule has 0 aliphatic heterocycles. The van der Waals surface area contributed by atoms with Gasteiger partial charge in [-0.25, -0.2) is 9.37 Å². The number of benzene rings is 1. The van der Waals surface area contributed by atoms with Crippen molar-refractivity contribution in [2.24, 2.45) is 5.73 Å². The summed E-state index contributed by atoms with van der Waals surface area (Å²) in [5.74, 6) is -0.848. The maximum Gasteiger partial charge on any atom is 0.251 e. The first-order valence-corrected chi connectivity index (χ1v) is 13.2. The smallest absolute Gasteiger partial charge is 0.251 e. The number of carbonyl (C=O) groups excluding carboxylic acids is 1. The summed E-state index contributed by atoms with van der Waals surface area (Å²) in [5, 5.41) is 12.8. The van der Waals surface area contributed by atoms with Crippen molar-refractivity contribution < 1.29 is 23.4 Å². The number of aliphatic hydroxyl groups is 1. The topological polar surface area (TPSA) is 115 Å². The summed E-state index contributed by atoms with van der Waals surface area (Å²) < 4.78 is 31.9. The normalized spacial score (nSPS) is 12.5. The van der Waals surface area contributed by atoms with Crippen molar-refractivity contribution in [3.63, 3.8) is 0 Å². The van der Waals surface area contributed by atoms with E-state index in [1.165, 1.54) is 30.7 Å². The predicted molar refractivity (Wildman–Crippen MR) is 125 cm³/mol. The molecular formula is C22H25FN3O4PS. The van der Waals surface area contributed by atoms with Crippen LogP contribution in [-0.2, 0) is 15.7 Å². The highest BCUT2D eigenvalue weighted by Gasteiger charge is 2.18. The number of nitrogens with zero attached hydrogens (tertiary/aromatic N) is 1. The Morgan fingerprint density at radius 3 is 2.69 bits per heavy atom. The molecule has 1 amide bonds. The van der Waals surface area contributed by atoms with Gasteiger partial charge in [-0.15, -0.1) is 11.3 Å². The average Bonchev–Trinajstić information content (AvgIpc) is 3.15. The highest BCUT2D eigenvalue weighted by Crippen LogP contribution is 2.39. The highest BCUT2D eigenvalue weighted by molar-refractivity contribution is 7.57. The van der Waals surface area contributed by atoms with E-state index in [4.69, 9.17) is 10.3 Å². The summed E-state index contributed by atoms with van der Waals surface area (Å²) in [5.41, 5.74) is 7.34. The third kappa shape index (κ3) is 6.01. The Hall–Kier alpha value is -2.58. The van der Waals surface area contributed by atoms with Gasteiger partial charge in [-0.1, -0.05) is 25.1 Å². The van der Waals surface area contributed by atoms with Crippen LogP contribution in [0.4, 0.5) is 15.2 Å². The lowest BCUT2D eigenvalue weighted by Crippen LogP contribution is -2.11. The van der Waals surface area contributed by atoms with Crippen LogP contribution in [0.5, 0.6) is 0 Å². The van der Waals surface area contributed by atoms with Gasteiger partial charge in [0.25, 0.3) is 5.91 Å². The van der Waals surface area contributed by atoms with E-state index in [-0.39, 0.29) is 24.7 Å². The van der Waals surface area contributed by atoms with Gasteiger partial charge in [-0.3, -0.25) is 9.36 Å². The van der Waals surface area contributed by atoms with Gasteiger partial charge >= 0.3 is 0 Å². The molecule has 0 saturated carbocycles. The van der Waals surface area contributed by atoms with E-state index in [1.807, 2.05) is 0 Å². The standard InChI is InChI=1S/C22H25FN3O4PS/c1-13(11-27)14-7-8-16(18(23)9-14)19-10-17(21(24)28)22(32-19)26-20-6-4-5-15(25-20)12-30-31(2,3)29/h4-10,13,27H,11-12H2,1-3H3,(H2,24,28)(H,25,26). The van der Waals surface area contributed by atoms with Crippen LogP contribution >= 0.6 is 18.7 Å². The molecule has 2 heterocycles. The van der Waals surface area contributed by atoms with E-state index in [0.29, 0.717) is 32.5 Å². The van der Waals surface area contributed by atoms with Crippen LogP contribution in [0.15, 0.2) is 42.5 Å². The van der Waals surface area contributed by atoms with Gasteiger partial charge in [0, 0.05) is 36.3 Å². The molecule has 0 aliphatic carbocycles. The summed E-state index contributed by atoms with van der Waals surface area (Å²) in [7, 11) is -2.65. The number of carbonyl (C=O) groups is 1. The number of hydrogen-bond donors (Lipinski definition) is 3. The Morgan fingerprint density at radius 2 is 2.06 bits per heavy atom. The number of nitrogens with one attached hydrogen (secondary N) is 1. The molecule has 0 bridgehead atoms.